The first-order valence-electron chi connectivity index (χ1n) is 6.66. The minimum atomic E-state index is 0.155. The quantitative estimate of drug-likeness (QED) is 0.823. The molecule has 1 unspecified atom stereocenters. The zero-order chi connectivity index (χ0) is 11.4. The molecule has 0 aromatic heterocycles. The lowest BCUT2D eigenvalue weighted by Crippen LogP contribution is -2.46. The van der Waals surface area contributed by atoms with Gasteiger partial charge in [0.1, 0.15) is 0 Å². The summed E-state index contributed by atoms with van der Waals surface area (Å²) in [7, 11) is 0. The van der Waals surface area contributed by atoms with Gasteiger partial charge in [-0.25, -0.2) is 0 Å². The smallest absolute Gasteiger partial charge is 0.153 e. The monoisotopic (exact) mass is 241 g/mol. The number of carbonyl (C=O) groups is 1. The van der Waals surface area contributed by atoms with Gasteiger partial charge in [-0.3, -0.25) is 4.79 Å². The van der Waals surface area contributed by atoms with E-state index >= 15 is 0 Å². The molecule has 1 saturated carbocycles. The van der Waals surface area contributed by atoms with Gasteiger partial charge in [0.05, 0.1) is 6.04 Å². The lowest BCUT2D eigenvalue weighted by atomic mass is 9.78. The second-order valence-corrected chi connectivity index (χ2v) is 6.26. The lowest BCUT2D eigenvalue weighted by Gasteiger charge is -2.31. The van der Waals surface area contributed by atoms with Gasteiger partial charge in [-0.2, -0.15) is 11.8 Å². The van der Waals surface area contributed by atoms with Crippen molar-refractivity contribution in [3.8, 4) is 0 Å². The van der Waals surface area contributed by atoms with Crippen molar-refractivity contribution in [2.24, 2.45) is 11.8 Å². The van der Waals surface area contributed by atoms with Crippen LogP contribution in [0.15, 0.2) is 0 Å². The molecule has 1 heterocycles. The first-order valence-corrected chi connectivity index (χ1v) is 7.81. The zero-order valence-electron chi connectivity index (χ0n) is 10.2. The van der Waals surface area contributed by atoms with E-state index in [0.717, 1.165) is 36.8 Å². The van der Waals surface area contributed by atoms with Crippen LogP contribution < -0.4 is 5.32 Å². The molecule has 1 N–H and O–H groups in total. The highest BCUT2D eigenvalue weighted by Gasteiger charge is 2.31. The average Bonchev–Trinajstić information content (AvgIpc) is 2.39. The molecule has 2 fully saturated rings. The molecule has 2 nitrogen and oxygen atoms in total. The topological polar surface area (TPSA) is 29.1 Å². The highest BCUT2D eigenvalue weighted by molar-refractivity contribution is 7.99. The Morgan fingerprint density at radius 3 is 2.62 bits per heavy atom. The number of rotatable bonds is 3. The molecule has 0 aromatic rings. The number of hydrogen-bond acceptors (Lipinski definition) is 3. The number of ketones is 1. The van der Waals surface area contributed by atoms with Gasteiger partial charge < -0.3 is 5.32 Å². The first-order chi connectivity index (χ1) is 7.81. The normalized spacial score (nSPS) is 35.9. The Morgan fingerprint density at radius 1 is 1.31 bits per heavy atom. The van der Waals surface area contributed by atoms with Crippen molar-refractivity contribution in [2.45, 2.75) is 45.1 Å². The summed E-state index contributed by atoms with van der Waals surface area (Å²) in [6, 6.07) is 0.155. The highest BCUT2D eigenvalue weighted by Crippen LogP contribution is 2.32. The van der Waals surface area contributed by atoms with Crippen LogP contribution in [-0.4, -0.2) is 29.9 Å². The van der Waals surface area contributed by atoms with Crippen molar-refractivity contribution >= 4 is 17.5 Å². The van der Waals surface area contributed by atoms with Gasteiger partial charge in [0.15, 0.2) is 5.78 Å². The summed E-state index contributed by atoms with van der Waals surface area (Å²) in [4.78, 5) is 12.3. The van der Waals surface area contributed by atoms with Crippen molar-refractivity contribution in [3.63, 3.8) is 0 Å². The minimum absolute atomic E-state index is 0.155. The summed E-state index contributed by atoms with van der Waals surface area (Å²) in [5, 5.41) is 3.37. The Balaban J connectivity index is 1.81. The molecule has 1 aliphatic carbocycles. The van der Waals surface area contributed by atoms with E-state index < -0.39 is 0 Å². The predicted octanol–water partition coefficient (Wildman–Crippen LogP) is 2.48. The Labute approximate surface area is 103 Å². The molecule has 3 heteroatoms. The molecule has 1 saturated heterocycles. The lowest BCUT2D eigenvalue weighted by molar-refractivity contribution is -0.125. The van der Waals surface area contributed by atoms with E-state index in [1.807, 2.05) is 11.8 Å². The second kappa shape index (κ2) is 6.06. The van der Waals surface area contributed by atoms with Gasteiger partial charge in [0.25, 0.3) is 0 Å². The maximum Gasteiger partial charge on any atom is 0.153 e. The van der Waals surface area contributed by atoms with E-state index in [4.69, 9.17) is 0 Å². The second-order valence-electron chi connectivity index (χ2n) is 5.11. The molecule has 0 amide bonds. The predicted molar refractivity (Wildman–Crippen MR) is 69.9 cm³/mol. The summed E-state index contributed by atoms with van der Waals surface area (Å²) in [6.45, 7) is 3.28. The fourth-order valence-electron chi connectivity index (χ4n) is 2.89. The molecule has 2 rings (SSSR count). The molecule has 0 bridgehead atoms. The van der Waals surface area contributed by atoms with Gasteiger partial charge in [-0.15, -0.1) is 0 Å². The average molecular weight is 241 g/mol. The molecule has 0 aromatic carbocycles. The molecular weight excluding hydrogens is 218 g/mol. The van der Waals surface area contributed by atoms with Crippen molar-refractivity contribution in [3.05, 3.63) is 0 Å². The number of hydrogen-bond donors (Lipinski definition) is 1. The van der Waals surface area contributed by atoms with Crippen LogP contribution in [0.25, 0.3) is 0 Å². The number of nitrogens with one attached hydrogen (secondary N) is 1. The standard InChI is InChI=1S/C13H23NOS/c1-2-10-3-5-11(6-4-10)13(15)12-9-16-8-7-14-12/h10-12,14H,2-9H2,1H3. The Bertz CT molecular complexity index is 230. The SMILES string of the molecule is CCC1CCC(C(=O)C2CSCCN2)CC1. The largest absolute Gasteiger partial charge is 0.306 e. The minimum Gasteiger partial charge on any atom is -0.306 e. The van der Waals surface area contributed by atoms with Gasteiger partial charge in [-0.1, -0.05) is 13.3 Å². The Kier molecular flexibility index (Phi) is 4.71. The molecule has 1 aliphatic heterocycles. The highest BCUT2D eigenvalue weighted by atomic mass is 32.2. The van der Waals surface area contributed by atoms with Gasteiger partial charge in [0, 0.05) is 24.0 Å². The van der Waals surface area contributed by atoms with E-state index in [2.05, 4.69) is 12.2 Å². The van der Waals surface area contributed by atoms with Gasteiger partial charge in [0.2, 0.25) is 0 Å². The van der Waals surface area contributed by atoms with Crippen LogP contribution in [0.5, 0.6) is 0 Å². The molecule has 2 aliphatic rings. The third-order valence-corrected chi connectivity index (χ3v) is 5.15. The molecular formula is C13H23NOS. The van der Waals surface area contributed by atoms with Crippen LogP contribution in [-0.2, 0) is 4.79 Å². The fourth-order valence-corrected chi connectivity index (χ4v) is 3.83. The number of thioether (sulfide) groups is 1. The maximum absolute atomic E-state index is 12.3. The van der Waals surface area contributed by atoms with Gasteiger partial charge >= 0.3 is 0 Å². The van der Waals surface area contributed by atoms with Crippen LogP contribution in [0.3, 0.4) is 0 Å². The van der Waals surface area contributed by atoms with Crippen LogP contribution in [0, 0.1) is 11.8 Å². The van der Waals surface area contributed by atoms with E-state index in [-0.39, 0.29) is 6.04 Å². The van der Waals surface area contributed by atoms with E-state index in [1.54, 1.807) is 0 Å². The number of Topliss-reactive ketones (excluding diaryl/α,β-unsaturated/α-hetero) is 1. The third kappa shape index (κ3) is 3.01. The molecule has 0 radical (unpaired) electrons. The Hall–Kier alpha value is -0.0200. The number of carbonyl (C=O) groups excluding carboxylic acids is 1. The van der Waals surface area contributed by atoms with Crippen molar-refractivity contribution < 1.29 is 4.79 Å². The van der Waals surface area contributed by atoms with Crippen LogP contribution in [0.2, 0.25) is 0 Å². The molecule has 16 heavy (non-hydrogen) atoms. The summed E-state index contributed by atoms with van der Waals surface area (Å²) in [5.74, 6) is 3.90. The fraction of sp³-hybridized carbons (Fsp3) is 0.923. The summed E-state index contributed by atoms with van der Waals surface area (Å²) in [6.07, 6.45) is 6.11. The van der Waals surface area contributed by atoms with Crippen molar-refractivity contribution in [1.82, 2.24) is 5.32 Å². The summed E-state index contributed by atoms with van der Waals surface area (Å²) >= 11 is 1.92. The van der Waals surface area contributed by atoms with Crippen molar-refractivity contribution in [2.75, 3.05) is 18.1 Å². The molecule has 1 atom stereocenters. The summed E-state index contributed by atoms with van der Waals surface area (Å²) < 4.78 is 0. The third-order valence-electron chi connectivity index (χ3n) is 4.09. The zero-order valence-corrected chi connectivity index (χ0v) is 11.0. The van der Waals surface area contributed by atoms with Crippen molar-refractivity contribution in [1.29, 1.82) is 0 Å². The Morgan fingerprint density at radius 2 is 2.06 bits per heavy atom. The van der Waals surface area contributed by atoms with Gasteiger partial charge in [-0.05, 0) is 31.6 Å². The van der Waals surface area contributed by atoms with E-state index in [1.165, 1.54) is 19.3 Å². The molecule has 0 spiro atoms. The van der Waals surface area contributed by atoms with Crippen LogP contribution in [0.4, 0.5) is 0 Å². The molecule has 92 valence electrons. The van der Waals surface area contributed by atoms with Crippen LogP contribution >= 0.6 is 11.8 Å². The van der Waals surface area contributed by atoms with Crippen LogP contribution in [0.1, 0.15) is 39.0 Å². The van der Waals surface area contributed by atoms with E-state index in [0.29, 0.717) is 11.7 Å². The summed E-state index contributed by atoms with van der Waals surface area (Å²) in [5.41, 5.74) is 0. The van der Waals surface area contributed by atoms with E-state index in [9.17, 15) is 4.79 Å². The first kappa shape index (κ1) is 12.4. The maximum atomic E-state index is 12.3.